The molecule has 1 aliphatic heterocycles. The molecule has 4 rings (SSSR count). The predicted molar refractivity (Wildman–Crippen MR) is 107 cm³/mol. The molecule has 0 atom stereocenters. The zero-order valence-electron chi connectivity index (χ0n) is 16.0. The summed E-state index contributed by atoms with van der Waals surface area (Å²) in [6, 6.07) is 12.1. The molecule has 0 spiro atoms. The summed E-state index contributed by atoms with van der Waals surface area (Å²) in [5.74, 6) is 0.831. The van der Waals surface area contributed by atoms with Gasteiger partial charge in [0.15, 0.2) is 0 Å². The SMILES string of the molecule is CN(C(=O)c1cnn(C)c1)C1CCN(c2cc(C#N)c3ccccc3n2)CC1. The number of nitrogens with zero attached hydrogens (tertiary/aromatic N) is 6. The van der Waals surface area contributed by atoms with Crippen LogP contribution in [-0.2, 0) is 7.05 Å². The Morgan fingerprint density at radius 3 is 2.71 bits per heavy atom. The van der Waals surface area contributed by atoms with Crippen molar-refractivity contribution in [3.63, 3.8) is 0 Å². The molecule has 28 heavy (non-hydrogen) atoms. The highest BCUT2D eigenvalue weighted by Gasteiger charge is 2.27. The van der Waals surface area contributed by atoms with Gasteiger partial charge in [0.25, 0.3) is 5.91 Å². The van der Waals surface area contributed by atoms with Crippen molar-refractivity contribution in [1.29, 1.82) is 5.26 Å². The number of hydrogen-bond donors (Lipinski definition) is 0. The zero-order chi connectivity index (χ0) is 19.7. The highest BCUT2D eigenvalue weighted by molar-refractivity contribution is 5.93. The summed E-state index contributed by atoms with van der Waals surface area (Å²) in [6.07, 6.45) is 5.07. The minimum Gasteiger partial charge on any atom is -0.356 e. The van der Waals surface area contributed by atoms with E-state index in [4.69, 9.17) is 4.98 Å². The summed E-state index contributed by atoms with van der Waals surface area (Å²) < 4.78 is 1.64. The fourth-order valence-corrected chi connectivity index (χ4v) is 3.80. The van der Waals surface area contributed by atoms with Gasteiger partial charge in [0.1, 0.15) is 5.82 Å². The third kappa shape index (κ3) is 3.29. The van der Waals surface area contributed by atoms with Crippen LogP contribution in [0.5, 0.6) is 0 Å². The van der Waals surface area contributed by atoms with Gasteiger partial charge in [-0.3, -0.25) is 9.48 Å². The average Bonchev–Trinajstić information content (AvgIpc) is 3.18. The molecule has 3 aromatic rings. The van der Waals surface area contributed by atoms with Crippen molar-refractivity contribution >= 4 is 22.6 Å². The minimum absolute atomic E-state index is 0.00199. The second-order valence-electron chi connectivity index (χ2n) is 7.19. The van der Waals surface area contributed by atoms with Gasteiger partial charge in [-0.1, -0.05) is 18.2 Å². The van der Waals surface area contributed by atoms with Gasteiger partial charge in [-0.05, 0) is 25.0 Å². The molecule has 0 N–H and O–H groups in total. The Balaban J connectivity index is 1.48. The molecule has 142 valence electrons. The molecule has 1 aliphatic rings. The summed E-state index contributed by atoms with van der Waals surface area (Å²) in [6.45, 7) is 1.59. The van der Waals surface area contributed by atoms with E-state index in [-0.39, 0.29) is 11.9 Å². The summed E-state index contributed by atoms with van der Waals surface area (Å²) in [5, 5.41) is 14.5. The molecule has 0 bridgehead atoms. The van der Waals surface area contributed by atoms with E-state index < -0.39 is 0 Å². The third-order valence-corrected chi connectivity index (χ3v) is 5.43. The summed E-state index contributed by atoms with van der Waals surface area (Å²) in [4.78, 5) is 21.4. The second-order valence-corrected chi connectivity index (χ2v) is 7.19. The van der Waals surface area contributed by atoms with Crippen molar-refractivity contribution < 1.29 is 4.79 Å². The molecule has 0 unspecified atom stereocenters. The number of para-hydroxylation sites is 1. The Hall–Kier alpha value is -3.40. The first-order valence-corrected chi connectivity index (χ1v) is 9.37. The molecule has 1 amide bonds. The zero-order valence-corrected chi connectivity index (χ0v) is 16.0. The van der Waals surface area contributed by atoms with E-state index in [1.807, 2.05) is 42.3 Å². The van der Waals surface area contributed by atoms with Crippen molar-refractivity contribution in [2.45, 2.75) is 18.9 Å². The molecule has 0 aliphatic carbocycles. The first kappa shape index (κ1) is 18.0. The molecule has 0 saturated carbocycles. The number of anilines is 1. The lowest BCUT2D eigenvalue weighted by atomic mass is 10.0. The Labute approximate surface area is 163 Å². The third-order valence-electron chi connectivity index (χ3n) is 5.43. The Morgan fingerprint density at radius 2 is 2.04 bits per heavy atom. The normalized spacial score (nSPS) is 14.8. The highest BCUT2D eigenvalue weighted by atomic mass is 16.2. The van der Waals surface area contributed by atoms with E-state index in [0.717, 1.165) is 42.7 Å². The van der Waals surface area contributed by atoms with E-state index in [9.17, 15) is 10.1 Å². The number of pyridine rings is 1. The van der Waals surface area contributed by atoms with Crippen LogP contribution in [-0.4, -0.2) is 51.8 Å². The van der Waals surface area contributed by atoms with Gasteiger partial charge in [0, 0.05) is 44.8 Å². The average molecular weight is 374 g/mol. The van der Waals surface area contributed by atoms with Crippen LogP contribution >= 0.6 is 0 Å². The lowest BCUT2D eigenvalue weighted by Gasteiger charge is -2.37. The number of aromatic nitrogens is 3. The number of piperidine rings is 1. The number of fused-ring (bicyclic) bond motifs is 1. The number of benzene rings is 1. The van der Waals surface area contributed by atoms with E-state index >= 15 is 0 Å². The summed E-state index contributed by atoms with van der Waals surface area (Å²) >= 11 is 0. The number of rotatable bonds is 3. The molecular weight excluding hydrogens is 352 g/mol. The minimum atomic E-state index is 0.00199. The first-order valence-electron chi connectivity index (χ1n) is 9.37. The van der Waals surface area contributed by atoms with Crippen molar-refractivity contribution in [1.82, 2.24) is 19.7 Å². The molecule has 3 heterocycles. The van der Waals surface area contributed by atoms with Crippen LogP contribution in [0.25, 0.3) is 10.9 Å². The topological polar surface area (TPSA) is 78.0 Å². The van der Waals surface area contributed by atoms with Crippen LogP contribution in [0.15, 0.2) is 42.7 Å². The number of carbonyl (C=O) groups is 1. The molecule has 2 aromatic heterocycles. The Morgan fingerprint density at radius 1 is 1.29 bits per heavy atom. The molecule has 1 saturated heterocycles. The van der Waals surface area contributed by atoms with Crippen LogP contribution in [0.3, 0.4) is 0 Å². The van der Waals surface area contributed by atoms with E-state index in [2.05, 4.69) is 16.1 Å². The van der Waals surface area contributed by atoms with Gasteiger partial charge in [0.2, 0.25) is 0 Å². The largest absolute Gasteiger partial charge is 0.356 e. The van der Waals surface area contributed by atoms with Crippen molar-refractivity contribution in [2.75, 3.05) is 25.0 Å². The maximum Gasteiger partial charge on any atom is 0.257 e. The van der Waals surface area contributed by atoms with Gasteiger partial charge in [-0.2, -0.15) is 10.4 Å². The number of amides is 1. The van der Waals surface area contributed by atoms with Gasteiger partial charge in [-0.25, -0.2) is 4.98 Å². The smallest absolute Gasteiger partial charge is 0.257 e. The van der Waals surface area contributed by atoms with E-state index in [1.165, 1.54) is 0 Å². The number of hydrogen-bond acceptors (Lipinski definition) is 5. The van der Waals surface area contributed by atoms with Gasteiger partial charge >= 0.3 is 0 Å². The van der Waals surface area contributed by atoms with Gasteiger partial charge in [-0.15, -0.1) is 0 Å². The predicted octanol–water partition coefficient (Wildman–Crippen LogP) is 2.58. The summed E-state index contributed by atoms with van der Waals surface area (Å²) in [7, 11) is 3.67. The number of aryl methyl sites for hydroxylation is 1. The van der Waals surface area contributed by atoms with Crippen molar-refractivity contribution in [3.8, 4) is 6.07 Å². The first-order chi connectivity index (χ1) is 13.6. The standard InChI is InChI=1S/C21H22N6O/c1-25-14-16(13-23-25)21(28)26(2)17-7-9-27(10-8-17)20-11-15(12-22)18-5-3-4-6-19(18)24-20/h3-6,11,13-14,17H,7-10H2,1-2H3. The molecular formula is C21H22N6O. The lowest BCUT2D eigenvalue weighted by Crippen LogP contribution is -2.45. The molecule has 0 radical (unpaired) electrons. The quantitative estimate of drug-likeness (QED) is 0.704. The maximum absolute atomic E-state index is 12.6. The number of nitriles is 1. The molecule has 7 nitrogen and oxygen atoms in total. The van der Waals surface area contributed by atoms with E-state index in [0.29, 0.717) is 11.1 Å². The molecule has 1 aromatic carbocycles. The fraction of sp³-hybridized carbons (Fsp3) is 0.333. The van der Waals surface area contributed by atoms with Crippen molar-refractivity contribution in [3.05, 3.63) is 53.9 Å². The Kier molecular flexibility index (Phi) is 4.70. The Bertz CT molecular complexity index is 1060. The van der Waals surface area contributed by atoms with Gasteiger partial charge < -0.3 is 9.80 Å². The maximum atomic E-state index is 12.6. The van der Waals surface area contributed by atoms with Crippen LogP contribution in [0.1, 0.15) is 28.8 Å². The van der Waals surface area contributed by atoms with Gasteiger partial charge in [0.05, 0.1) is 28.9 Å². The number of carbonyl (C=O) groups excluding carboxylic acids is 1. The monoisotopic (exact) mass is 374 g/mol. The molecule has 7 heteroatoms. The van der Waals surface area contributed by atoms with Crippen LogP contribution in [0, 0.1) is 11.3 Å². The van der Waals surface area contributed by atoms with Crippen LogP contribution in [0.2, 0.25) is 0 Å². The van der Waals surface area contributed by atoms with Crippen LogP contribution < -0.4 is 4.90 Å². The molecule has 1 fully saturated rings. The lowest BCUT2D eigenvalue weighted by molar-refractivity contribution is 0.0709. The highest BCUT2D eigenvalue weighted by Crippen LogP contribution is 2.26. The fourth-order valence-electron chi connectivity index (χ4n) is 3.80. The summed E-state index contributed by atoms with van der Waals surface area (Å²) in [5.41, 5.74) is 2.09. The van der Waals surface area contributed by atoms with Crippen LogP contribution in [0.4, 0.5) is 5.82 Å². The second kappa shape index (κ2) is 7.31. The van der Waals surface area contributed by atoms with Crippen molar-refractivity contribution in [2.24, 2.45) is 7.05 Å². The van der Waals surface area contributed by atoms with E-state index in [1.54, 1.807) is 24.1 Å².